The molecule has 0 saturated heterocycles. The van der Waals surface area contributed by atoms with E-state index in [0.717, 1.165) is 25.1 Å². The summed E-state index contributed by atoms with van der Waals surface area (Å²) in [6, 6.07) is 0. The van der Waals surface area contributed by atoms with Gasteiger partial charge in [0.1, 0.15) is 5.84 Å². The molecule has 0 spiro atoms. The molecule has 10 heavy (non-hydrogen) atoms. The molecule has 56 valence electrons. The number of rotatable bonds is 3. The van der Waals surface area contributed by atoms with E-state index in [9.17, 15) is 4.79 Å². The fourth-order valence-electron chi connectivity index (χ4n) is 0.896. The lowest BCUT2D eigenvalue weighted by Gasteiger charge is -1.96. The van der Waals surface area contributed by atoms with E-state index < -0.39 is 0 Å². The van der Waals surface area contributed by atoms with Crippen molar-refractivity contribution < 1.29 is 4.79 Å². The van der Waals surface area contributed by atoms with Crippen molar-refractivity contribution in [1.29, 1.82) is 0 Å². The Balaban J connectivity index is 2.28. The van der Waals surface area contributed by atoms with E-state index in [0.29, 0.717) is 6.54 Å². The number of aliphatic imine (C=N–C) groups is 1. The summed E-state index contributed by atoms with van der Waals surface area (Å²) in [4.78, 5) is 14.4. The van der Waals surface area contributed by atoms with Crippen molar-refractivity contribution in [3.05, 3.63) is 0 Å². The Morgan fingerprint density at radius 2 is 2.50 bits per heavy atom. The molecule has 3 heteroatoms. The summed E-state index contributed by atoms with van der Waals surface area (Å²) in [5.74, 6) is 0.831. The minimum atomic E-state index is -0.0360. The molecular formula is C7H12N2O. The average Bonchev–Trinajstić information content (AvgIpc) is 2.31. The standard InChI is InChI=1S/C7H12N2O/c1-2-3-4-6-8-5-7(10)9-6/h2-5H2,1H3,(H,8,9,10). The highest BCUT2D eigenvalue weighted by Crippen LogP contribution is 1.98. The Morgan fingerprint density at radius 1 is 1.70 bits per heavy atom. The first-order chi connectivity index (χ1) is 4.83. The predicted molar refractivity (Wildman–Crippen MR) is 40.0 cm³/mol. The molecule has 0 bridgehead atoms. The van der Waals surface area contributed by atoms with Gasteiger partial charge in [0.05, 0.1) is 6.54 Å². The maximum Gasteiger partial charge on any atom is 0.266 e. The lowest BCUT2D eigenvalue weighted by molar-refractivity contribution is -0.116. The van der Waals surface area contributed by atoms with Gasteiger partial charge in [0, 0.05) is 6.42 Å². The predicted octanol–water partition coefficient (Wildman–Crippen LogP) is 0.705. The van der Waals surface area contributed by atoms with Crippen molar-refractivity contribution in [3.8, 4) is 0 Å². The largest absolute Gasteiger partial charge is 0.364 e. The zero-order valence-corrected chi connectivity index (χ0v) is 6.18. The number of hydrogen-bond donors (Lipinski definition) is 1. The molecule has 1 heterocycles. The second kappa shape index (κ2) is 3.34. The smallest absolute Gasteiger partial charge is 0.266 e. The first-order valence-corrected chi connectivity index (χ1v) is 3.67. The number of nitrogens with zero attached hydrogens (tertiary/aromatic N) is 1. The second-order valence-electron chi connectivity index (χ2n) is 2.41. The zero-order valence-electron chi connectivity index (χ0n) is 6.18. The van der Waals surface area contributed by atoms with Crippen molar-refractivity contribution in [1.82, 2.24) is 5.32 Å². The minimum absolute atomic E-state index is 0.0360. The number of amides is 1. The average molecular weight is 140 g/mol. The van der Waals surface area contributed by atoms with Crippen LogP contribution in [0.4, 0.5) is 0 Å². The second-order valence-corrected chi connectivity index (χ2v) is 2.41. The van der Waals surface area contributed by atoms with Crippen LogP contribution < -0.4 is 5.32 Å². The number of unbranched alkanes of at least 4 members (excludes halogenated alkanes) is 1. The van der Waals surface area contributed by atoms with Gasteiger partial charge in [0.25, 0.3) is 5.91 Å². The molecule has 3 nitrogen and oxygen atoms in total. The van der Waals surface area contributed by atoms with Crippen LogP contribution in [0.1, 0.15) is 26.2 Å². The Labute approximate surface area is 60.5 Å². The quantitative estimate of drug-likeness (QED) is 0.627. The van der Waals surface area contributed by atoms with Crippen molar-refractivity contribution in [2.75, 3.05) is 6.54 Å². The molecule has 0 aliphatic carbocycles. The van der Waals surface area contributed by atoms with E-state index >= 15 is 0 Å². The summed E-state index contributed by atoms with van der Waals surface area (Å²) in [5.41, 5.74) is 0. The molecule has 0 aromatic heterocycles. The molecule has 0 atom stereocenters. The molecule has 1 N–H and O–H groups in total. The number of carbonyl (C=O) groups excluding carboxylic acids is 1. The summed E-state index contributed by atoms with van der Waals surface area (Å²) in [5, 5.41) is 2.94. The summed E-state index contributed by atoms with van der Waals surface area (Å²) in [6.45, 7) is 2.52. The first-order valence-electron chi connectivity index (χ1n) is 3.67. The topological polar surface area (TPSA) is 41.5 Å². The molecule has 0 fully saturated rings. The molecular weight excluding hydrogens is 128 g/mol. The summed E-state index contributed by atoms with van der Waals surface area (Å²) >= 11 is 0. The minimum Gasteiger partial charge on any atom is -0.364 e. The molecule has 0 radical (unpaired) electrons. The zero-order chi connectivity index (χ0) is 7.40. The molecule has 0 saturated carbocycles. The van der Waals surface area contributed by atoms with Gasteiger partial charge in [-0.05, 0) is 6.42 Å². The maximum absolute atomic E-state index is 10.6. The van der Waals surface area contributed by atoms with Gasteiger partial charge in [-0.1, -0.05) is 13.3 Å². The van der Waals surface area contributed by atoms with Crippen LogP contribution in [0.25, 0.3) is 0 Å². The van der Waals surface area contributed by atoms with Crippen LogP contribution in [0.15, 0.2) is 4.99 Å². The molecule has 0 aromatic carbocycles. The van der Waals surface area contributed by atoms with Gasteiger partial charge >= 0.3 is 0 Å². The third-order valence-corrected chi connectivity index (χ3v) is 1.47. The van der Waals surface area contributed by atoms with Crippen molar-refractivity contribution >= 4 is 11.7 Å². The van der Waals surface area contributed by atoms with E-state index in [-0.39, 0.29) is 5.91 Å². The Morgan fingerprint density at radius 3 is 3.00 bits per heavy atom. The number of amidine groups is 1. The van der Waals surface area contributed by atoms with Crippen molar-refractivity contribution in [3.63, 3.8) is 0 Å². The Bertz CT molecular complexity index is 163. The summed E-state index contributed by atoms with van der Waals surface area (Å²) in [7, 11) is 0. The van der Waals surface area contributed by atoms with E-state index in [2.05, 4.69) is 17.2 Å². The fourth-order valence-corrected chi connectivity index (χ4v) is 0.896. The Kier molecular flexibility index (Phi) is 2.42. The molecule has 1 aliphatic rings. The van der Waals surface area contributed by atoms with Gasteiger partial charge < -0.3 is 5.32 Å². The summed E-state index contributed by atoms with van der Waals surface area (Å²) in [6.07, 6.45) is 3.18. The van der Waals surface area contributed by atoms with Gasteiger partial charge in [0.2, 0.25) is 0 Å². The molecule has 1 aliphatic heterocycles. The first kappa shape index (κ1) is 7.25. The normalized spacial score (nSPS) is 16.9. The highest BCUT2D eigenvalue weighted by molar-refractivity contribution is 6.01. The number of carbonyl (C=O) groups is 1. The van der Waals surface area contributed by atoms with Crippen LogP contribution in [0.5, 0.6) is 0 Å². The molecule has 1 rings (SSSR count). The van der Waals surface area contributed by atoms with Gasteiger partial charge in [-0.25, -0.2) is 0 Å². The maximum atomic E-state index is 10.6. The van der Waals surface area contributed by atoms with Gasteiger partial charge in [-0.2, -0.15) is 4.99 Å². The third kappa shape index (κ3) is 1.83. The van der Waals surface area contributed by atoms with Gasteiger partial charge in [-0.15, -0.1) is 0 Å². The van der Waals surface area contributed by atoms with Gasteiger partial charge in [0.15, 0.2) is 0 Å². The monoisotopic (exact) mass is 140 g/mol. The van der Waals surface area contributed by atoms with Crippen molar-refractivity contribution in [2.45, 2.75) is 26.2 Å². The van der Waals surface area contributed by atoms with E-state index in [1.807, 2.05) is 0 Å². The van der Waals surface area contributed by atoms with Crippen LogP contribution >= 0.6 is 0 Å². The fraction of sp³-hybridized carbons (Fsp3) is 0.714. The highest BCUT2D eigenvalue weighted by atomic mass is 16.1. The lowest BCUT2D eigenvalue weighted by Crippen LogP contribution is -2.18. The van der Waals surface area contributed by atoms with E-state index in [4.69, 9.17) is 0 Å². The third-order valence-electron chi connectivity index (χ3n) is 1.47. The molecule has 1 amide bonds. The van der Waals surface area contributed by atoms with Crippen LogP contribution in [-0.4, -0.2) is 18.3 Å². The van der Waals surface area contributed by atoms with Crippen LogP contribution in [-0.2, 0) is 4.79 Å². The lowest BCUT2D eigenvalue weighted by atomic mass is 10.2. The Hall–Kier alpha value is -0.860. The SMILES string of the molecule is CCCCC1=NC(=O)CN1. The van der Waals surface area contributed by atoms with E-state index in [1.54, 1.807) is 0 Å². The highest BCUT2D eigenvalue weighted by Gasteiger charge is 2.10. The summed E-state index contributed by atoms with van der Waals surface area (Å²) < 4.78 is 0. The number of hydrogen-bond acceptors (Lipinski definition) is 2. The van der Waals surface area contributed by atoms with Crippen LogP contribution in [0.3, 0.4) is 0 Å². The van der Waals surface area contributed by atoms with Crippen LogP contribution in [0, 0.1) is 0 Å². The number of nitrogens with one attached hydrogen (secondary N) is 1. The van der Waals surface area contributed by atoms with Crippen LogP contribution in [0.2, 0.25) is 0 Å². The van der Waals surface area contributed by atoms with Gasteiger partial charge in [-0.3, -0.25) is 4.79 Å². The molecule has 0 aromatic rings. The molecule has 0 unspecified atom stereocenters. The van der Waals surface area contributed by atoms with Crippen molar-refractivity contribution in [2.24, 2.45) is 4.99 Å². The van der Waals surface area contributed by atoms with E-state index in [1.165, 1.54) is 0 Å².